The molecule has 0 spiro atoms. The van der Waals surface area contributed by atoms with E-state index in [9.17, 15) is 14.5 Å². The molecule has 1 saturated heterocycles. The highest BCUT2D eigenvalue weighted by Crippen LogP contribution is 2.54. The van der Waals surface area contributed by atoms with Crippen molar-refractivity contribution in [3.05, 3.63) is 0 Å². The van der Waals surface area contributed by atoms with Gasteiger partial charge in [0.05, 0.1) is 19.3 Å². The predicted octanol–water partition coefficient (Wildman–Crippen LogP) is 3.23. The Morgan fingerprint density at radius 1 is 1.32 bits per heavy atom. The van der Waals surface area contributed by atoms with Crippen molar-refractivity contribution in [2.45, 2.75) is 83.0 Å². The molecule has 0 saturated carbocycles. The van der Waals surface area contributed by atoms with Crippen LogP contribution >= 0.6 is 7.60 Å². The molecule has 1 aliphatic heterocycles. The summed E-state index contributed by atoms with van der Waals surface area (Å²) in [5.74, 6) is -1.15. The molecule has 0 aromatic rings. The standard InChI is InChI=1S/C16H34BO6PSi/c1-7-21-24(19,22-8-2)14(18)10-13-9-12(15(17)23-13)11-16(3,4)25(5,6)20/h12-15,18,20H,7-11H2,1-6H3/t12-,13+,14?,15-/m1/s1. The van der Waals surface area contributed by atoms with Gasteiger partial charge in [-0.3, -0.25) is 4.57 Å². The highest BCUT2D eigenvalue weighted by molar-refractivity contribution is 7.54. The normalized spacial score (nSPS) is 26.8. The van der Waals surface area contributed by atoms with Gasteiger partial charge in [-0.25, -0.2) is 0 Å². The Balaban J connectivity index is 2.70. The first-order valence-electron chi connectivity index (χ1n) is 9.06. The molecule has 0 aromatic carbocycles. The summed E-state index contributed by atoms with van der Waals surface area (Å²) in [7, 11) is 0.220. The van der Waals surface area contributed by atoms with Crippen molar-refractivity contribution in [2.75, 3.05) is 13.2 Å². The van der Waals surface area contributed by atoms with E-state index in [0.29, 0.717) is 6.42 Å². The number of rotatable bonds is 10. The second-order valence-corrected chi connectivity index (χ2v) is 14.6. The second-order valence-electron chi connectivity index (χ2n) is 7.96. The van der Waals surface area contributed by atoms with Gasteiger partial charge in [0, 0.05) is 12.4 Å². The maximum absolute atomic E-state index is 12.6. The van der Waals surface area contributed by atoms with Crippen LogP contribution in [0.3, 0.4) is 0 Å². The van der Waals surface area contributed by atoms with Gasteiger partial charge in [0.25, 0.3) is 0 Å². The molecule has 0 aromatic heterocycles. The smallest absolute Gasteiger partial charge is 0.358 e. The van der Waals surface area contributed by atoms with Gasteiger partial charge in [-0.05, 0) is 50.7 Å². The van der Waals surface area contributed by atoms with Gasteiger partial charge in [0.15, 0.2) is 14.2 Å². The fraction of sp³-hybridized carbons (Fsp3) is 1.00. The Hall–Kier alpha value is 0.312. The van der Waals surface area contributed by atoms with Crippen molar-refractivity contribution in [1.29, 1.82) is 0 Å². The van der Waals surface area contributed by atoms with Crippen molar-refractivity contribution >= 4 is 23.8 Å². The average Bonchev–Trinajstić information content (AvgIpc) is 2.77. The van der Waals surface area contributed by atoms with E-state index < -0.39 is 27.8 Å². The molecule has 6 nitrogen and oxygen atoms in total. The third-order valence-corrected chi connectivity index (χ3v) is 11.0. The molecule has 146 valence electrons. The second kappa shape index (κ2) is 9.00. The molecule has 1 heterocycles. The number of ether oxygens (including phenoxy) is 1. The van der Waals surface area contributed by atoms with Crippen LogP contribution < -0.4 is 0 Å². The molecule has 1 aliphatic rings. The molecule has 25 heavy (non-hydrogen) atoms. The molecule has 1 rings (SSSR count). The molecule has 0 amide bonds. The monoisotopic (exact) mass is 392 g/mol. The van der Waals surface area contributed by atoms with Crippen LogP contribution in [0, 0.1) is 5.92 Å². The van der Waals surface area contributed by atoms with Gasteiger partial charge in [0.1, 0.15) is 7.85 Å². The molecule has 9 heteroatoms. The quantitative estimate of drug-likeness (QED) is 0.439. The van der Waals surface area contributed by atoms with Crippen LogP contribution in [0.5, 0.6) is 0 Å². The minimum atomic E-state index is -3.57. The van der Waals surface area contributed by atoms with E-state index in [1.54, 1.807) is 13.8 Å². The Bertz CT molecular complexity index is 460. The maximum atomic E-state index is 12.6. The summed E-state index contributed by atoms with van der Waals surface area (Å²) in [6.45, 7) is 11.8. The van der Waals surface area contributed by atoms with Gasteiger partial charge in [-0.2, -0.15) is 0 Å². The molecule has 1 fully saturated rings. The first-order chi connectivity index (χ1) is 11.4. The zero-order valence-electron chi connectivity index (χ0n) is 16.4. The topological polar surface area (TPSA) is 85.2 Å². The summed E-state index contributed by atoms with van der Waals surface area (Å²) >= 11 is 0. The number of hydrogen-bond donors (Lipinski definition) is 2. The van der Waals surface area contributed by atoms with Gasteiger partial charge in [-0.15, -0.1) is 0 Å². The number of hydrogen-bond acceptors (Lipinski definition) is 6. The van der Waals surface area contributed by atoms with E-state index >= 15 is 0 Å². The lowest BCUT2D eigenvalue weighted by molar-refractivity contribution is 0.0452. The lowest BCUT2D eigenvalue weighted by Gasteiger charge is -2.37. The molecule has 2 N–H and O–H groups in total. The zero-order valence-corrected chi connectivity index (χ0v) is 18.3. The molecular formula is C16H34BO6PSi. The summed E-state index contributed by atoms with van der Waals surface area (Å²) in [4.78, 5) is 10.5. The highest BCUT2D eigenvalue weighted by atomic mass is 31.2. The van der Waals surface area contributed by atoms with E-state index in [0.717, 1.165) is 6.42 Å². The van der Waals surface area contributed by atoms with Crippen molar-refractivity contribution in [2.24, 2.45) is 5.92 Å². The summed E-state index contributed by atoms with van der Waals surface area (Å²) in [6, 6.07) is -0.452. The largest absolute Gasteiger partial charge is 0.432 e. The van der Waals surface area contributed by atoms with E-state index in [1.165, 1.54) is 0 Å². The Labute approximate surface area is 154 Å². The van der Waals surface area contributed by atoms with Crippen molar-refractivity contribution in [3.63, 3.8) is 0 Å². The van der Waals surface area contributed by atoms with Gasteiger partial charge in [-0.1, -0.05) is 13.8 Å². The Morgan fingerprint density at radius 3 is 2.28 bits per heavy atom. The summed E-state index contributed by atoms with van der Waals surface area (Å²) in [5.41, 5.74) is 0. The van der Waals surface area contributed by atoms with Crippen LogP contribution in [0.2, 0.25) is 18.1 Å². The molecule has 0 bridgehead atoms. The molecule has 2 radical (unpaired) electrons. The molecule has 4 atom stereocenters. The third kappa shape index (κ3) is 6.16. The summed E-state index contributed by atoms with van der Waals surface area (Å²) in [6.07, 6.45) is 1.26. The van der Waals surface area contributed by atoms with E-state index in [4.69, 9.17) is 21.6 Å². The highest BCUT2D eigenvalue weighted by Gasteiger charge is 2.45. The minimum absolute atomic E-state index is 0.0877. The first kappa shape index (κ1) is 23.4. The van der Waals surface area contributed by atoms with Crippen LogP contribution in [-0.2, 0) is 18.3 Å². The summed E-state index contributed by atoms with van der Waals surface area (Å²) in [5, 5.41) is 10.2. The third-order valence-electron chi connectivity index (χ3n) is 5.27. The maximum Gasteiger partial charge on any atom is 0.358 e. The number of aliphatic hydroxyl groups is 1. The molecular weight excluding hydrogens is 358 g/mol. The molecule has 0 aliphatic carbocycles. The molecule has 1 unspecified atom stereocenters. The van der Waals surface area contributed by atoms with Gasteiger partial charge >= 0.3 is 7.60 Å². The van der Waals surface area contributed by atoms with Crippen molar-refractivity contribution < 1.29 is 28.3 Å². The van der Waals surface area contributed by atoms with Crippen LogP contribution in [0.4, 0.5) is 0 Å². The van der Waals surface area contributed by atoms with E-state index in [2.05, 4.69) is 13.8 Å². The van der Waals surface area contributed by atoms with Crippen LogP contribution in [0.15, 0.2) is 0 Å². The van der Waals surface area contributed by atoms with Crippen LogP contribution in [0.1, 0.15) is 47.0 Å². The first-order valence-corrected chi connectivity index (χ1v) is 13.6. The van der Waals surface area contributed by atoms with Crippen molar-refractivity contribution in [1.82, 2.24) is 0 Å². The van der Waals surface area contributed by atoms with E-state index in [1.807, 2.05) is 13.1 Å². The van der Waals surface area contributed by atoms with Crippen LogP contribution in [-0.4, -0.2) is 57.2 Å². The fourth-order valence-electron chi connectivity index (χ4n) is 3.05. The Kier molecular flexibility index (Phi) is 8.41. The zero-order chi connectivity index (χ0) is 19.5. The average molecular weight is 392 g/mol. The van der Waals surface area contributed by atoms with Crippen molar-refractivity contribution in [3.8, 4) is 0 Å². The van der Waals surface area contributed by atoms with Gasteiger partial charge < -0.3 is 23.7 Å². The van der Waals surface area contributed by atoms with Crippen LogP contribution in [0.25, 0.3) is 0 Å². The summed E-state index contributed by atoms with van der Waals surface area (Å²) < 4.78 is 28.8. The van der Waals surface area contributed by atoms with E-state index in [-0.39, 0.29) is 36.7 Å². The lowest BCUT2D eigenvalue weighted by Crippen LogP contribution is -2.41. The van der Waals surface area contributed by atoms with Gasteiger partial charge in [0.2, 0.25) is 0 Å². The SMILES string of the molecule is [B][C@@H]1O[C@H](CC(O)P(=O)(OCC)OCC)C[C@@H]1CC(C)(C)[Si](C)(C)O. The fourth-order valence-corrected chi connectivity index (χ4v) is 5.44. The Morgan fingerprint density at radius 2 is 1.84 bits per heavy atom. The lowest BCUT2D eigenvalue weighted by atomic mass is 9.80. The minimum Gasteiger partial charge on any atom is -0.432 e. The predicted molar refractivity (Wildman–Crippen MR) is 102 cm³/mol. The number of aliphatic hydroxyl groups excluding tert-OH is 1.